The van der Waals surface area contributed by atoms with E-state index >= 15 is 0 Å². The molecule has 18 heavy (non-hydrogen) atoms. The molecular formula is C13H15FN2O2. The van der Waals surface area contributed by atoms with Crippen molar-refractivity contribution in [3.05, 3.63) is 35.9 Å². The normalized spacial score (nSPS) is 13.4. The number of alkyl halides is 1. The molecule has 1 aromatic carbocycles. The van der Waals surface area contributed by atoms with E-state index in [0.29, 0.717) is 0 Å². The summed E-state index contributed by atoms with van der Waals surface area (Å²) in [6, 6.07) is 10.8. The van der Waals surface area contributed by atoms with E-state index in [2.05, 4.69) is 0 Å². The summed E-state index contributed by atoms with van der Waals surface area (Å²) in [7, 11) is 0. The van der Waals surface area contributed by atoms with Crippen LogP contribution in [-0.2, 0) is 6.54 Å². The molecule has 1 atom stereocenters. The van der Waals surface area contributed by atoms with Gasteiger partial charge in [-0.05, 0) is 12.5 Å². The molecule has 1 amide bonds. The topological polar surface area (TPSA) is 64.3 Å². The van der Waals surface area contributed by atoms with Crippen LogP contribution < -0.4 is 0 Å². The molecule has 1 N–H and O–H groups in total. The molecule has 4 nitrogen and oxygen atoms in total. The quantitative estimate of drug-likeness (QED) is 0.873. The van der Waals surface area contributed by atoms with E-state index in [4.69, 9.17) is 5.26 Å². The molecule has 5 heteroatoms. The summed E-state index contributed by atoms with van der Waals surface area (Å²) in [4.78, 5) is 12.2. The first-order chi connectivity index (χ1) is 8.53. The van der Waals surface area contributed by atoms with Crippen LogP contribution in [0.25, 0.3) is 0 Å². The maximum atomic E-state index is 12.5. The smallest absolute Gasteiger partial charge is 0.408 e. The van der Waals surface area contributed by atoms with Crippen LogP contribution in [0.2, 0.25) is 0 Å². The zero-order valence-electron chi connectivity index (χ0n) is 10.1. The summed E-state index contributed by atoms with van der Waals surface area (Å²) in [5.41, 5.74) is -0.587. The van der Waals surface area contributed by atoms with Crippen molar-refractivity contribution < 1.29 is 14.3 Å². The molecule has 1 unspecified atom stereocenters. The molecule has 0 heterocycles. The lowest BCUT2D eigenvalue weighted by Gasteiger charge is -2.33. The van der Waals surface area contributed by atoms with Gasteiger partial charge in [-0.25, -0.2) is 4.79 Å². The van der Waals surface area contributed by atoms with Gasteiger partial charge in [0, 0.05) is 6.42 Å². The number of carboxylic acid groups (broad SMARTS) is 1. The fourth-order valence-electron chi connectivity index (χ4n) is 1.65. The predicted octanol–water partition coefficient (Wildman–Crippen LogP) is 2.81. The molecule has 0 radical (unpaired) electrons. The van der Waals surface area contributed by atoms with Crippen molar-refractivity contribution in [2.75, 3.05) is 6.67 Å². The summed E-state index contributed by atoms with van der Waals surface area (Å²) in [6.07, 6.45) is -1.36. The zero-order chi connectivity index (χ0) is 13.6. The van der Waals surface area contributed by atoms with Crippen molar-refractivity contribution in [1.29, 1.82) is 5.26 Å². The van der Waals surface area contributed by atoms with Crippen molar-refractivity contribution in [1.82, 2.24) is 4.90 Å². The monoisotopic (exact) mass is 250 g/mol. The Labute approximate surface area is 105 Å². The number of benzene rings is 1. The standard InChI is InChI=1S/C13H15FN2O2/c1-13(10-15,7-8-14)16(12(17)18)9-11-5-3-2-4-6-11/h2-6H,7-9H2,1H3,(H,17,18). The Hall–Kier alpha value is -2.09. The highest BCUT2D eigenvalue weighted by Gasteiger charge is 2.35. The molecule has 0 fully saturated rings. The second-order valence-electron chi connectivity index (χ2n) is 4.18. The molecule has 0 saturated carbocycles. The first-order valence-electron chi connectivity index (χ1n) is 5.55. The first kappa shape index (κ1) is 14.0. The fraction of sp³-hybridized carbons (Fsp3) is 0.385. The lowest BCUT2D eigenvalue weighted by Crippen LogP contribution is -2.48. The Morgan fingerprint density at radius 3 is 2.56 bits per heavy atom. The maximum Gasteiger partial charge on any atom is 0.408 e. The first-order valence-corrected chi connectivity index (χ1v) is 5.55. The van der Waals surface area contributed by atoms with E-state index in [9.17, 15) is 14.3 Å². The Morgan fingerprint density at radius 2 is 2.11 bits per heavy atom. The molecular weight excluding hydrogens is 235 g/mol. The van der Waals surface area contributed by atoms with Crippen molar-refractivity contribution in [2.45, 2.75) is 25.4 Å². The molecule has 1 aromatic rings. The number of hydrogen-bond acceptors (Lipinski definition) is 2. The van der Waals surface area contributed by atoms with Crippen molar-refractivity contribution >= 4 is 6.09 Å². The molecule has 96 valence electrons. The van der Waals surface area contributed by atoms with Crippen molar-refractivity contribution in [3.63, 3.8) is 0 Å². The number of amides is 1. The number of carbonyl (C=O) groups is 1. The van der Waals surface area contributed by atoms with E-state index in [0.717, 1.165) is 10.5 Å². The van der Waals surface area contributed by atoms with Gasteiger partial charge in [-0.2, -0.15) is 5.26 Å². The van der Waals surface area contributed by atoms with Crippen LogP contribution in [0.3, 0.4) is 0 Å². The van der Waals surface area contributed by atoms with Crippen LogP contribution in [0.15, 0.2) is 30.3 Å². The molecule has 0 saturated heterocycles. The molecule has 0 spiro atoms. The Bertz CT molecular complexity index is 444. The predicted molar refractivity (Wildman–Crippen MR) is 64.6 cm³/mol. The van der Waals surface area contributed by atoms with Crippen LogP contribution in [0.4, 0.5) is 9.18 Å². The van der Waals surface area contributed by atoms with E-state index in [-0.39, 0.29) is 13.0 Å². The summed E-state index contributed by atoms with van der Waals surface area (Å²) < 4.78 is 12.5. The van der Waals surface area contributed by atoms with E-state index in [1.165, 1.54) is 6.92 Å². The number of nitriles is 1. The molecule has 0 aromatic heterocycles. The van der Waals surface area contributed by atoms with E-state index in [1.54, 1.807) is 24.3 Å². The molecule has 0 aliphatic carbocycles. The number of nitrogens with zero attached hydrogens (tertiary/aromatic N) is 2. The SMILES string of the molecule is CC(C#N)(CCF)N(Cc1ccccc1)C(=O)O. The minimum absolute atomic E-state index is 0.0697. The third-order valence-electron chi connectivity index (χ3n) is 2.83. The van der Waals surface area contributed by atoms with Gasteiger partial charge in [-0.3, -0.25) is 9.29 Å². The van der Waals surface area contributed by atoms with Gasteiger partial charge in [-0.15, -0.1) is 0 Å². The van der Waals surface area contributed by atoms with E-state index < -0.39 is 18.3 Å². The molecule has 0 bridgehead atoms. The number of rotatable bonds is 5. The van der Waals surface area contributed by atoms with Gasteiger partial charge in [0.1, 0.15) is 5.54 Å². The number of hydrogen-bond donors (Lipinski definition) is 1. The highest BCUT2D eigenvalue weighted by Crippen LogP contribution is 2.22. The Kier molecular flexibility index (Phi) is 4.67. The van der Waals surface area contributed by atoms with Crippen LogP contribution in [0, 0.1) is 11.3 Å². The minimum atomic E-state index is -1.35. The summed E-state index contributed by atoms with van der Waals surface area (Å²) >= 11 is 0. The largest absolute Gasteiger partial charge is 0.465 e. The third-order valence-corrected chi connectivity index (χ3v) is 2.83. The third kappa shape index (κ3) is 3.20. The fourth-order valence-corrected chi connectivity index (χ4v) is 1.65. The average molecular weight is 250 g/mol. The highest BCUT2D eigenvalue weighted by atomic mass is 19.1. The van der Waals surface area contributed by atoms with Gasteiger partial charge in [0.15, 0.2) is 0 Å². The molecule has 1 rings (SSSR count). The zero-order valence-corrected chi connectivity index (χ0v) is 10.1. The summed E-state index contributed by atoms with van der Waals surface area (Å²) in [6.45, 7) is 0.770. The Morgan fingerprint density at radius 1 is 1.50 bits per heavy atom. The van der Waals surface area contributed by atoms with Crippen molar-refractivity contribution in [3.8, 4) is 6.07 Å². The van der Waals surface area contributed by atoms with Gasteiger partial charge in [0.05, 0.1) is 19.3 Å². The van der Waals surface area contributed by atoms with Crippen LogP contribution in [-0.4, -0.2) is 28.3 Å². The van der Waals surface area contributed by atoms with Crippen LogP contribution in [0.5, 0.6) is 0 Å². The second kappa shape index (κ2) is 6.01. The van der Waals surface area contributed by atoms with Crippen LogP contribution >= 0.6 is 0 Å². The lowest BCUT2D eigenvalue weighted by molar-refractivity contribution is 0.0954. The van der Waals surface area contributed by atoms with Gasteiger partial charge in [0.2, 0.25) is 0 Å². The van der Waals surface area contributed by atoms with Crippen LogP contribution in [0.1, 0.15) is 18.9 Å². The summed E-state index contributed by atoms with van der Waals surface area (Å²) in [5.74, 6) is 0. The Balaban J connectivity index is 2.97. The molecule has 0 aliphatic heterocycles. The lowest BCUT2D eigenvalue weighted by atomic mass is 9.97. The second-order valence-corrected chi connectivity index (χ2v) is 4.18. The van der Waals surface area contributed by atoms with Gasteiger partial charge in [-0.1, -0.05) is 30.3 Å². The number of halogens is 1. The molecule has 0 aliphatic rings. The van der Waals surface area contributed by atoms with Gasteiger partial charge < -0.3 is 5.11 Å². The van der Waals surface area contributed by atoms with E-state index in [1.807, 2.05) is 12.1 Å². The minimum Gasteiger partial charge on any atom is -0.465 e. The summed E-state index contributed by atoms with van der Waals surface area (Å²) in [5, 5.41) is 18.3. The average Bonchev–Trinajstić information content (AvgIpc) is 2.37. The highest BCUT2D eigenvalue weighted by molar-refractivity contribution is 5.67. The van der Waals surface area contributed by atoms with Gasteiger partial charge >= 0.3 is 6.09 Å². The van der Waals surface area contributed by atoms with Crippen molar-refractivity contribution in [2.24, 2.45) is 0 Å². The van der Waals surface area contributed by atoms with Gasteiger partial charge in [0.25, 0.3) is 0 Å². The maximum absolute atomic E-state index is 12.5.